The number of carbonyl (C=O) groups is 2. The predicted octanol–water partition coefficient (Wildman–Crippen LogP) is 3.19. The standard InChI is InChI=1S/C21H18FN3O3/c22-17-9-5-4-8-15(17)21(27)25-11-10-19-16(13-25)18(24-28-19)12-20(26)23-14-6-2-1-3-7-14/h1-9H,10-13H2,(H,23,26). The second-order valence-corrected chi connectivity index (χ2v) is 6.58. The zero-order chi connectivity index (χ0) is 19.5. The molecular weight excluding hydrogens is 361 g/mol. The summed E-state index contributed by atoms with van der Waals surface area (Å²) < 4.78 is 19.3. The highest BCUT2D eigenvalue weighted by Crippen LogP contribution is 2.25. The second kappa shape index (κ2) is 7.64. The molecule has 6 nitrogen and oxygen atoms in total. The van der Waals surface area contributed by atoms with Gasteiger partial charge in [0.05, 0.1) is 24.2 Å². The Hall–Kier alpha value is -3.48. The van der Waals surface area contributed by atoms with Crippen molar-refractivity contribution in [3.05, 3.63) is 83.0 Å². The van der Waals surface area contributed by atoms with Crippen LogP contribution in [-0.2, 0) is 24.2 Å². The molecule has 0 bridgehead atoms. The molecule has 1 aliphatic rings. The first-order valence-electron chi connectivity index (χ1n) is 8.97. The normalized spacial score (nSPS) is 13.1. The molecule has 1 aliphatic heterocycles. The van der Waals surface area contributed by atoms with Crippen LogP contribution in [0.3, 0.4) is 0 Å². The Bertz CT molecular complexity index is 1020. The molecule has 2 amide bonds. The first-order chi connectivity index (χ1) is 13.6. The molecule has 4 rings (SSSR count). The van der Waals surface area contributed by atoms with E-state index in [0.717, 1.165) is 5.56 Å². The quantitative estimate of drug-likeness (QED) is 0.755. The van der Waals surface area contributed by atoms with Gasteiger partial charge in [0.2, 0.25) is 5.91 Å². The van der Waals surface area contributed by atoms with E-state index in [1.54, 1.807) is 29.2 Å². The van der Waals surface area contributed by atoms with Gasteiger partial charge < -0.3 is 14.7 Å². The van der Waals surface area contributed by atoms with Crippen LogP contribution in [0.2, 0.25) is 0 Å². The molecular formula is C21H18FN3O3. The van der Waals surface area contributed by atoms with Gasteiger partial charge in [-0.3, -0.25) is 9.59 Å². The van der Waals surface area contributed by atoms with Crippen LogP contribution < -0.4 is 5.32 Å². The number of anilines is 1. The van der Waals surface area contributed by atoms with Crippen molar-refractivity contribution < 1.29 is 18.5 Å². The number of nitrogens with one attached hydrogen (secondary N) is 1. The minimum atomic E-state index is -0.550. The molecule has 2 heterocycles. The summed E-state index contributed by atoms with van der Waals surface area (Å²) >= 11 is 0. The van der Waals surface area contributed by atoms with Gasteiger partial charge in [-0.2, -0.15) is 0 Å². The zero-order valence-corrected chi connectivity index (χ0v) is 15.0. The molecule has 0 unspecified atom stereocenters. The summed E-state index contributed by atoms with van der Waals surface area (Å²) in [5.41, 5.74) is 1.95. The third kappa shape index (κ3) is 3.64. The van der Waals surface area contributed by atoms with Crippen LogP contribution in [0.4, 0.5) is 10.1 Å². The topological polar surface area (TPSA) is 75.4 Å². The lowest BCUT2D eigenvalue weighted by Crippen LogP contribution is -2.36. The number of benzene rings is 2. The molecule has 0 aliphatic carbocycles. The van der Waals surface area contributed by atoms with E-state index in [1.807, 2.05) is 18.2 Å². The minimum Gasteiger partial charge on any atom is -0.361 e. The molecule has 1 N–H and O–H groups in total. The smallest absolute Gasteiger partial charge is 0.257 e. The largest absolute Gasteiger partial charge is 0.361 e. The molecule has 1 aromatic heterocycles. The number of para-hydroxylation sites is 1. The highest BCUT2D eigenvalue weighted by Gasteiger charge is 2.29. The van der Waals surface area contributed by atoms with Crippen LogP contribution >= 0.6 is 0 Å². The van der Waals surface area contributed by atoms with Gasteiger partial charge in [-0.15, -0.1) is 0 Å². The van der Waals surface area contributed by atoms with Crippen LogP contribution in [0.15, 0.2) is 59.1 Å². The van der Waals surface area contributed by atoms with Gasteiger partial charge in [0, 0.05) is 24.2 Å². The molecule has 0 atom stereocenters. The van der Waals surface area contributed by atoms with Gasteiger partial charge in [0.1, 0.15) is 11.6 Å². The number of rotatable bonds is 4. The first kappa shape index (κ1) is 17.9. The average Bonchev–Trinajstić information content (AvgIpc) is 3.10. The second-order valence-electron chi connectivity index (χ2n) is 6.58. The fraction of sp³-hybridized carbons (Fsp3) is 0.190. The van der Waals surface area contributed by atoms with Gasteiger partial charge >= 0.3 is 0 Å². The summed E-state index contributed by atoms with van der Waals surface area (Å²) in [5, 5.41) is 6.82. The molecule has 0 fully saturated rings. The van der Waals surface area contributed by atoms with Crippen LogP contribution in [0.5, 0.6) is 0 Å². The molecule has 0 radical (unpaired) electrons. The number of fused-ring (bicyclic) bond motifs is 1. The van der Waals surface area contributed by atoms with Gasteiger partial charge in [-0.05, 0) is 24.3 Å². The number of hydrogen-bond acceptors (Lipinski definition) is 4. The van der Waals surface area contributed by atoms with Crippen molar-refractivity contribution in [3.63, 3.8) is 0 Å². The Kier molecular flexibility index (Phi) is 4.89. The van der Waals surface area contributed by atoms with Crippen LogP contribution in [0.25, 0.3) is 0 Å². The number of amides is 2. The third-order valence-corrected chi connectivity index (χ3v) is 4.69. The Balaban J connectivity index is 1.48. The summed E-state index contributed by atoms with van der Waals surface area (Å²) in [6.07, 6.45) is 0.512. The monoisotopic (exact) mass is 379 g/mol. The molecule has 2 aromatic carbocycles. The summed E-state index contributed by atoms with van der Waals surface area (Å²) in [4.78, 5) is 26.6. The molecule has 28 heavy (non-hydrogen) atoms. The lowest BCUT2D eigenvalue weighted by atomic mass is 10.0. The van der Waals surface area contributed by atoms with Crippen molar-refractivity contribution in [1.29, 1.82) is 0 Å². The fourth-order valence-electron chi connectivity index (χ4n) is 3.26. The van der Waals surface area contributed by atoms with Gasteiger partial charge in [0.15, 0.2) is 0 Å². The molecule has 7 heteroatoms. The van der Waals surface area contributed by atoms with Crippen molar-refractivity contribution in [2.45, 2.75) is 19.4 Å². The number of aromatic nitrogens is 1. The van der Waals surface area contributed by atoms with Crippen molar-refractivity contribution in [2.75, 3.05) is 11.9 Å². The summed E-state index contributed by atoms with van der Waals surface area (Å²) in [6, 6.07) is 15.0. The van der Waals surface area contributed by atoms with E-state index >= 15 is 0 Å². The summed E-state index contributed by atoms with van der Waals surface area (Å²) in [7, 11) is 0. The van der Waals surface area contributed by atoms with E-state index in [-0.39, 0.29) is 30.3 Å². The molecule has 0 spiro atoms. The van der Waals surface area contributed by atoms with Gasteiger partial charge in [0.25, 0.3) is 5.91 Å². The molecule has 0 saturated heterocycles. The maximum absolute atomic E-state index is 14.0. The van der Waals surface area contributed by atoms with Crippen molar-refractivity contribution in [2.24, 2.45) is 0 Å². The summed E-state index contributed by atoms with van der Waals surface area (Å²) in [6.45, 7) is 0.644. The predicted molar refractivity (Wildman–Crippen MR) is 100 cm³/mol. The Morgan fingerprint density at radius 2 is 1.86 bits per heavy atom. The lowest BCUT2D eigenvalue weighted by molar-refractivity contribution is -0.115. The maximum Gasteiger partial charge on any atom is 0.257 e. The maximum atomic E-state index is 14.0. The van der Waals surface area contributed by atoms with E-state index in [2.05, 4.69) is 10.5 Å². The fourth-order valence-corrected chi connectivity index (χ4v) is 3.26. The molecule has 142 valence electrons. The van der Waals surface area contributed by atoms with Crippen molar-refractivity contribution in [3.8, 4) is 0 Å². The first-order valence-corrected chi connectivity index (χ1v) is 8.97. The number of hydrogen-bond donors (Lipinski definition) is 1. The van der Waals surface area contributed by atoms with E-state index in [0.29, 0.717) is 30.1 Å². The van der Waals surface area contributed by atoms with Crippen LogP contribution in [0.1, 0.15) is 27.4 Å². The highest BCUT2D eigenvalue weighted by molar-refractivity contribution is 5.95. The number of halogens is 1. The van der Waals surface area contributed by atoms with E-state index in [9.17, 15) is 14.0 Å². The number of carbonyl (C=O) groups excluding carboxylic acids is 2. The zero-order valence-electron chi connectivity index (χ0n) is 15.0. The minimum absolute atomic E-state index is 0.0331. The molecule has 3 aromatic rings. The summed E-state index contributed by atoms with van der Waals surface area (Å²) in [5.74, 6) is -0.490. The number of nitrogens with zero attached hydrogens (tertiary/aromatic N) is 2. The van der Waals surface area contributed by atoms with E-state index < -0.39 is 5.82 Å². The van der Waals surface area contributed by atoms with E-state index in [1.165, 1.54) is 12.1 Å². The van der Waals surface area contributed by atoms with Crippen molar-refractivity contribution >= 4 is 17.5 Å². The Morgan fingerprint density at radius 1 is 1.11 bits per heavy atom. The lowest BCUT2D eigenvalue weighted by Gasteiger charge is -2.26. The van der Waals surface area contributed by atoms with Gasteiger partial charge in [-0.25, -0.2) is 4.39 Å². The Labute approximate surface area is 160 Å². The Morgan fingerprint density at radius 3 is 2.64 bits per heavy atom. The van der Waals surface area contributed by atoms with Crippen molar-refractivity contribution in [1.82, 2.24) is 10.1 Å². The third-order valence-electron chi connectivity index (χ3n) is 4.69. The van der Waals surface area contributed by atoms with Crippen LogP contribution in [0, 0.1) is 5.82 Å². The SMILES string of the molecule is O=C(Cc1noc2c1CN(C(=O)c1ccccc1F)CC2)Nc1ccccc1. The van der Waals surface area contributed by atoms with Crippen LogP contribution in [-0.4, -0.2) is 28.4 Å². The van der Waals surface area contributed by atoms with E-state index in [4.69, 9.17) is 4.52 Å². The highest BCUT2D eigenvalue weighted by atomic mass is 19.1. The average molecular weight is 379 g/mol. The molecule has 0 saturated carbocycles. The van der Waals surface area contributed by atoms with Gasteiger partial charge in [-0.1, -0.05) is 35.5 Å².